The van der Waals surface area contributed by atoms with Crippen LogP contribution in [0.3, 0.4) is 0 Å². The molecule has 0 spiro atoms. The van der Waals surface area contributed by atoms with Gasteiger partial charge in [-0.15, -0.1) is 0 Å². The Morgan fingerprint density at radius 1 is 1.23 bits per heavy atom. The van der Waals surface area contributed by atoms with Crippen molar-refractivity contribution in [1.29, 1.82) is 0 Å². The van der Waals surface area contributed by atoms with E-state index in [1.165, 1.54) is 6.92 Å². The number of alkyl halides is 2. The molecule has 0 bridgehead atoms. The Hall–Kier alpha value is 0.110. The van der Waals surface area contributed by atoms with Crippen molar-refractivity contribution < 1.29 is 68.9 Å². The van der Waals surface area contributed by atoms with Crippen LogP contribution in [-0.4, -0.2) is 88.1 Å². The molecule has 0 saturated carbocycles. The van der Waals surface area contributed by atoms with Gasteiger partial charge in [0, 0.05) is 6.61 Å². The summed E-state index contributed by atoms with van der Waals surface area (Å²) < 4.78 is 38.8. The van der Waals surface area contributed by atoms with Gasteiger partial charge < -0.3 is 5.11 Å². The molecule has 1 amide bonds. The molecule has 1 aliphatic heterocycles. The van der Waals surface area contributed by atoms with Crippen LogP contribution >= 0.6 is 7.82 Å². The van der Waals surface area contributed by atoms with E-state index >= 15 is 0 Å². The monoisotopic (exact) mass is 584 g/mol. The van der Waals surface area contributed by atoms with Crippen LogP contribution in [0.15, 0.2) is 0 Å². The third kappa shape index (κ3) is 13.4. The van der Waals surface area contributed by atoms with E-state index in [1.54, 1.807) is 0 Å². The molecular formula is C18H36INO10P-. The Kier molecular flexibility index (Phi) is 15.7. The van der Waals surface area contributed by atoms with Crippen LogP contribution in [-0.2, 0) is 32.6 Å². The van der Waals surface area contributed by atoms with Crippen molar-refractivity contribution in [3.8, 4) is 0 Å². The van der Waals surface area contributed by atoms with Gasteiger partial charge in [-0.3, -0.25) is 0 Å². The third-order valence-corrected chi connectivity index (χ3v) is 8.37. The molecule has 1 aliphatic rings. The quantitative estimate of drug-likeness (QED) is 0.0618. The number of hydrogen-bond donors (Lipinski definition) is 4. The summed E-state index contributed by atoms with van der Waals surface area (Å²) in [6, 6.07) is -0.384. The summed E-state index contributed by atoms with van der Waals surface area (Å²) in [5.74, 6) is -0.224. The topological polar surface area (TPSA) is 153 Å². The predicted molar refractivity (Wildman–Crippen MR) is 107 cm³/mol. The number of rotatable bonds is 17. The molecule has 1 saturated heterocycles. The standard InChI is InChI=1S/C18H36INO10P/c1-14(23)20-16-10-19-17(11-22)30-18(16)29-15(13-28-31(24,25)26-2)12-27-9-7-5-3-4-6-8-21/h15-18,21-22H,3-13H2,1-2H3,(H,20,23)(H,24,25)/q-1/t15?,16?,17-,18-/m1/s1. The number of carbonyl (C=O) groups excluding carboxylic acids is 1. The SMILES string of the molecule is COP(=O)(O)OCC(COCCCCCCCO)O[C@@H]1O[C@H](CO)[I-]CC1NC(C)=O. The molecular weight excluding hydrogens is 548 g/mol. The molecule has 31 heavy (non-hydrogen) atoms. The van der Waals surface area contributed by atoms with E-state index in [2.05, 4.69) is 9.84 Å². The molecule has 5 atom stereocenters. The van der Waals surface area contributed by atoms with E-state index < -0.39 is 41.4 Å². The van der Waals surface area contributed by atoms with Crippen molar-refractivity contribution >= 4 is 13.7 Å². The number of halogens is 1. The van der Waals surface area contributed by atoms with Crippen LogP contribution in [0.4, 0.5) is 0 Å². The van der Waals surface area contributed by atoms with Crippen molar-refractivity contribution in [2.75, 3.05) is 44.6 Å². The first-order chi connectivity index (χ1) is 14.8. The normalized spacial score (nSPS) is 24.7. The number of phosphoric acid groups is 1. The second kappa shape index (κ2) is 16.7. The van der Waals surface area contributed by atoms with Gasteiger partial charge in [-0.05, 0) is 6.42 Å². The maximum atomic E-state index is 11.7. The van der Waals surface area contributed by atoms with E-state index in [0.29, 0.717) is 11.0 Å². The average molecular weight is 584 g/mol. The Morgan fingerprint density at radius 3 is 2.58 bits per heavy atom. The van der Waals surface area contributed by atoms with Crippen molar-refractivity contribution in [3.05, 3.63) is 0 Å². The molecule has 3 unspecified atom stereocenters. The summed E-state index contributed by atoms with van der Waals surface area (Å²) in [5.41, 5.74) is 0. The van der Waals surface area contributed by atoms with Crippen LogP contribution in [0.2, 0.25) is 0 Å². The van der Waals surface area contributed by atoms with E-state index in [0.717, 1.165) is 39.2 Å². The first kappa shape index (κ1) is 29.1. The minimum atomic E-state index is -4.20. The number of hydrogen-bond acceptors (Lipinski definition) is 9. The van der Waals surface area contributed by atoms with Gasteiger partial charge in [-0.2, -0.15) is 0 Å². The van der Waals surface area contributed by atoms with Crippen LogP contribution in [0, 0.1) is 0 Å². The molecule has 11 nitrogen and oxygen atoms in total. The van der Waals surface area contributed by atoms with Crippen molar-refractivity contribution in [3.63, 3.8) is 0 Å². The molecule has 4 N–H and O–H groups in total. The summed E-state index contributed by atoms with van der Waals surface area (Å²) in [7, 11) is -3.13. The summed E-state index contributed by atoms with van der Waals surface area (Å²) in [6.45, 7) is 1.76. The molecule has 0 aromatic rings. The number of ether oxygens (including phenoxy) is 3. The summed E-state index contributed by atoms with van der Waals surface area (Å²) in [6.07, 6.45) is 2.98. The number of nitrogens with one attached hydrogen (secondary N) is 1. The first-order valence-corrected chi connectivity index (χ1v) is 14.6. The number of aliphatic hydroxyl groups excluding tert-OH is 2. The van der Waals surface area contributed by atoms with Gasteiger partial charge in [0.05, 0.1) is 0 Å². The third-order valence-electron chi connectivity index (χ3n) is 4.30. The fraction of sp³-hybridized carbons (Fsp3) is 0.944. The van der Waals surface area contributed by atoms with Gasteiger partial charge in [0.1, 0.15) is 0 Å². The van der Waals surface area contributed by atoms with Crippen molar-refractivity contribution in [2.24, 2.45) is 0 Å². The second-order valence-electron chi connectivity index (χ2n) is 6.98. The minimum absolute atomic E-state index is 0.0891. The number of amides is 1. The zero-order chi connectivity index (χ0) is 23.1. The van der Waals surface area contributed by atoms with Gasteiger partial charge in [0.25, 0.3) is 0 Å². The van der Waals surface area contributed by atoms with Gasteiger partial charge in [0.15, 0.2) is 0 Å². The average Bonchev–Trinajstić information content (AvgIpc) is 2.74. The molecule has 0 aliphatic carbocycles. The van der Waals surface area contributed by atoms with Crippen molar-refractivity contribution in [1.82, 2.24) is 5.32 Å². The Balaban J connectivity index is 2.61. The van der Waals surface area contributed by atoms with E-state index in [4.69, 9.17) is 23.8 Å². The van der Waals surface area contributed by atoms with Crippen LogP contribution in [0.25, 0.3) is 0 Å². The summed E-state index contributed by atoms with van der Waals surface area (Å²) >= 11 is -0.480. The molecule has 1 heterocycles. The van der Waals surface area contributed by atoms with Gasteiger partial charge in [-0.1, -0.05) is 0 Å². The second-order valence-corrected chi connectivity index (χ2v) is 11.7. The zero-order valence-electron chi connectivity index (χ0n) is 18.1. The molecule has 1 rings (SSSR count). The maximum absolute atomic E-state index is 11.7. The Bertz CT molecular complexity index is 543. The summed E-state index contributed by atoms with van der Waals surface area (Å²) in [4.78, 5) is 21.0. The van der Waals surface area contributed by atoms with Gasteiger partial charge in [0.2, 0.25) is 0 Å². The molecule has 186 valence electrons. The molecule has 1 fully saturated rings. The fourth-order valence-corrected chi connectivity index (χ4v) is 5.72. The zero-order valence-corrected chi connectivity index (χ0v) is 21.2. The molecule has 0 radical (unpaired) electrons. The number of unbranched alkanes of at least 4 members (excludes halogenated alkanes) is 4. The van der Waals surface area contributed by atoms with E-state index in [-0.39, 0.29) is 42.5 Å². The fourth-order valence-electron chi connectivity index (χ4n) is 2.74. The number of aliphatic hydroxyl groups is 2. The Labute approximate surface area is 194 Å². The Morgan fingerprint density at radius 2 is 1.94 bits per heavy atom. The molecule has 0 aromatic heterocycles. The van der Waals surface area contributed by atoms with Crippen LogP contribution in [0.5, 0.6) is 0 Å². The number of carbonyl (C=O) groups is 1. The number of phosphoric ester groups is 1. The van der Waals surface area contributed by atoms with Crippen molar-refractivity contribution in [2.45, 2.75) is 61.6 Å². The molecule has 0 aromatic carbocycles. The first-order valence-electron chi connectivity index (χ1n) is 10.3. The predicted octanol–water partition coefficient (Wildman–Crippen LogP) is -2.64. The van der Waals surface area contributed by atoms with Gasteiger partial charge >= 0.3 is 176 Å². The van der Waals surface area contributed by atoms with Crippen LogP contribution in [0.1, 0.15) is 39.0 Å². The van der Waals surface area contributed by atoms with Crippen LogP contribution < -0.4 is 26.5 Å². The van der Waals surface area contributed by atoms with E-state index in [9.17, 15) is 19.4 Å². The molecule has 13 heteroatoms. The van der Waals surface area contributed by atoms with Gasteiger partial charge in [-0.25, -0.2) is 0 Å². The summed E-state index contributed by atoms with van der Waals surface area (Å²) in [5, 5.41) is 21.0. The van der Waals surface area contributed by atoms with E-state index in [1.807, 2.05) is 0 Å².